The third-order valence-corrected chi connectivity index (χ3v) is 6.86. The predicted octanol–water partition coefficient (Wildman–Crippen LogP) is 3.83. The molecular formula is C25H20F2N6O3S. The summed E-state index contributed by atoms with van der Waals surface area (Å²) in [5.74, 6) is -3.07. The third kappa shape index (κ3) is 4.71. The molecule has 1 aliphatic heterocycles. The van der Waals surface area contributed by atoms with Gasteiger partial charge in [-0.05, 0) is 35.9 Å². The Labute approximate surface area is 213 Å². The van der Waals surface area contributed by atoms with Crippen molar-refractivity contribution < 1.29 is 23.5 Å². The Hall–Kier alpha value is -4.42. The van der Waals surface area contributed by atoms with Crippen LogP contribution in [0.2, 0.25) is 0 Å². The molecule has 1 atom stereocenters. The van der Waals surface area contributed by atoms with Crippen LogP contribution in [-0.4, -0.2) is 33.5 Å². The summed E-state index contributed by atoms with van der Waals surface area (Å²) >= 11 is 1.34. The van der Waals surface area contributed by atoms with Gasteiger partial charge in [0.05, 0.1) is 34.2 Å². The number of hydrogen-bond acceptors (Lipinski definition) is 8. The smallest absolute Gasteiger partial charge is 0.257 e. The van der Waals surface area contributed by atoms with Gasteiger partial charge in [0, 0.05) is 41.5 Å². The Kier molecular flexibility index (Phi) is 6.27. The number of hydrogen-bond donors (Lipinski definition) is 5. The van der Waals surface area contributed by atoms with Crippen molar-refractivity contribution in [3.05, 3.63) is 88.1 Å². The quantitative estimate of drug-likeness (QED) is 0.232. The van der Waals surface area contributed by atoms with E-state index >= 15 is 0 Å². The first-order chi connectivity index (χ1) is 17.8. The minimum atomic E-state index is -1.44. The molecule has 3 heterocycles. The molecule has 5 rings (SSSR count). The van der Waals surface area contributed by atoms with Crippen LogP contribution in [0.4, 0.5) is 37.2 Å². The van der Waals surface area contributed by atoms with E-state index in [9.17, 15) is 23.5 Å². The van der Waals surface area contributed by atoms with Crippen molar-refractivity contribution in [1.82, 2.24) is 9.97 Å². The number of rotatable bonds is 7. The van der Waals surface area contributed by atoms with Crippen LogP contribution in [-0.2, 0) is 16.6 Å². The third-order valence-electron chi connectivity index (χ3n) is 6.08. The molecule has 6 N–H and O–H groups in total. The second kappa shape index (κ2) is 9.56. The van der Waals surface area contributed by atoms with Gasteiger partial charge in [-0.1, -0.05) is 6.07 Å². The van der Waals surface area contributed by atoms with Crippen molar-refractivity contribution >= 4 is 51.6 Å². The first-order valence-electron chi connectivity index (χ1n) is 11.0. The number of benzene rings is 2. The highest BCUT2D eigenvalue weighted by Crippen LogP contribution is 2.38. The summed E-state index contributed by atoms with van der Waals surface area (Å²) < 4.78 is 26.9. The van der Waals surface area contributed by atoms with Gasteiger partial charge in [-0.3, -0.25) is 9.59 Å². The maximum Gasteiger partial charge on any atom is 0.257 e. The average Bonchev–Trinajstić information content (AvgIpc) is 3.31. The topological polar surface area (TPSA) is 142 Å². The number of halogens is 2. The molecule has 188 valence electrons. The second-order valence-electron chi connectivity index (χ2n) is 8.43. The molecule has 1 aliphatic rings. The summed E-state index contributed by atoms with van der Waals surface area (Å²) in [6.07, 6.45) is 1.70. The number of pyridine rings is 1. The van der Waals surface area contributed by atoms with Crippen LogP contribution in [0.15, 0.2) is 60.1 Å². The Morgan fingerprint density at radius 1 is 1.03 bits per heavy atom. The molecule has 37 heavy (non-hydrogen) atoms. The van der Waals surface area contributed by atoms with Crippen molar-refractivity contribution in [1.29, 1.82) is 0 Å². The second-order valence-corrected chi connectivity index (χ2v) is 9.41. The summed E-state index contributed by atoms with van der Waals surface area (Å²) in [5.41, 5.74) is 7.03. The first kappa shape index (κ1) is 24.3. The van der Waals surface area contributed by atoms with E-state index in [1.54, 1.807) is 48.0 Å². The summed E-state index contributed by atoms with van der Waals surface area (Å²) in [5, 5.41) is 21.5. The highest BCUT2D eigenvalue weighted by atomic mass is 32.1. The number of anilines is 5. The highest BCUT2D eigenvalue weighted by molar-refractivity contribution is 7.09. The lowest BCUT2D eigenvalue weighted by molar-refractivity contribution is -0.125. The molecule has 0 saturated heterocycles. The van der Waals surface area contributed by atoms with Crippen LogP contribution in [0.3, 0.4) is 0 Å². The molecule has 1 unspecified atom stereocenters. The maximum atomic E-state index is 13.5. The largest absolute Gasteiger partial charge is 0.395 e. The Morgan fingerprint density at radius 2 is 1.81 bits per heavy atom. The molecule has 2 aromatic heterocycles. The zero-order chi connectivity index (χ0) is 26.2. The van der Waals surface area contributed by atoms with Crippen molar-refractivity contribution in [2.45, 2.75) is 11.8 Å². The summed E-state index contributed by atoms with van der Waals surface area (Å²) in [4.78, 5) is 32.9. The van der Waals surface area contributed by atoms with Crippen molar-refractivity contribution in [2.75, 3.05) is 22.6 Å². The van der Waals surface area contributed by atoms with Crippen molar-refractivity contribution in [2.24, 2.45) is 5.73 Å². The lowest BCUT2D eigenvalue weighted by Crippen LogP contribution is -2.46. The monoisotopic (exact) mass is 522 g/mol. The molecule has 4 aromatic rings. The van der Waals surface area contributed by atoms with E-state index in [4.69, 9.17) is 5.73 Å². The molecule has 9 nitrogen and oxygen atoms in total. The van der Waals surface area contributed by atoms with Crippen LogP contribution >= 0.6 is 11.3 Å². The molecule has 0 radical (unpaired) electrons. The lowest BCUT2D eigenvalue weighted by atomic mass is 9.77. The average molecular weight is 523 g/mol. The highest BCUT2D eigenvalue weighted by Gasteiger charge is 2.40. The molecule has 12 heteroatoms. The van der Waals surface area contributed by atoms with Gasteiger partial charge in [-0.2, -0.15) is 13.8 Å². The van der Waals surface area contributed by atoms with Gasteiger partial charge in [0.25, 0.3) is 5.91 Å². The number of nitrogens with zero attached hydrogens (tertiary/aromatic N) is 2. The van der Waals surface area contributed by atoms with Crippen molar-refractivity contribution in [3.63, 3.8) is 0 Å². The number of thiazole rings is 1. The number of carbonyl (C=O) groups excluding carboxylic acids is 2. The number of nitrogens with one attached hydrogen (secondary N) is 3. The normalized spacial score (nSPS) is 13.9. The van der Waals surface area contributed by atoms with E-state index in [1.807, 2.05) is 0 Å². The zero-order valence-corrected chi connectivity index (χ0v) is 19.9. The lowest BCUT2D eigenvalue weighted by Gasteiger charge is -2.29. The standard InChI is InChI=1S/C25H20F2N6O3S/c26-20-9-15(10-21(27)33-20)30-14-2-3-16-18(8-14)31-17-4-1-13(7-19(17)32-23(16)35)25(12-34,24(28)36)11-22-29-5-6-37-22/h1-10,31,34H,11-12H2,(H2,28,36)(H,30,33)(H,32,35). The van der Waals surface area contributed by atoms with Crippen LogP contribution in [0.5, 0.6) is 0 Å². The van der Waals surface area contributed by atoms with E-state index in [-0.39, 0.29) is 12.1 Å². The fourth-order valence-electron chi connectivity index (χ4n) is 4.17. The number of aromatic nitrogens is 2. The van der Waals surface area contributed by atoms with Gasteiger partial charge in [-0.25, -0.2) is 4.98 Å². The van der Waals surface area contributed by atoms with E-state index in [0.29, 0.717) is 38.9 Å². The number of aliphatic hydroxyl groups is 1. The molecule has 0 spiro atoms. The summed E-state index contributed by atoms with van der Waals surface area (Å²) in [6, 6.07) is 11.8. The van der Waals surface area contributed by atoms with E-state index in [2.05, 4.69) is 25.9 Å². The van der Waals surface area contributed by atoms with Gasteiger partial charge in [0.1, 0.15) is 5.41 Å². The van der Waals surface area contributed by atoms with Crippen LogP contribution in [0.25, 0.3) is 0 Å². The molecule has 0 aliphatic carbocycles. The SMILES string of the molecule is NC(=O)C(CO)(Cc1nccs1)c1ccc2c(c1)NC(=O)c1ccc(Nc3cc(F)nc(F)c3)cc1N2. The number of aliphatic hydroxyl groups excluding tert-OH is 1. The minimum absolute atomic E-state index is 0.0993. The Bertz CT molecular complexity index is 1490. The van der Waals surface area contributed by atoms with Gasteiger partial charge < -0.3 is 26.8 Å². The Morgan fingerprint density at radius 3 is 2.49 bits per heavy atom. The molecule has 0 bridgehead atoms. The predicted molar refractivity (Wildman–Crippen MR) is 135 cm³/mol. The van der Waals surface area contributed by atoms with Crippen LogP contribution in [0.1, 0.15) is 20.9 Å². The fraction of sp³-hybridized carbons (Fsp3) is 0.120. The summed E-state index contributed by atoms with van der Waals surface area (Å²) in [7, 11) is 0. The van der Waals surface area contributed by atoms with Gasteiger partial charge in [0.2, 0.25) is 17.8 Å². The number of carbonyl (C=O) groups is 2. The first-order valence-corrected chi connectivity index (χ1v) is 11.9. The van der Waals surface area contributed by atoms with Crippen LogP contribution in [0, 0.1) is 11.9 Å². The van der Waals surface area contributed by atoms with Gasteiger partial charge >= 0.3 is 0 Å². The van der Waals surface area contributed by atoms with Gasteiger partial charge in [0.15, 0.2) is 0 Å². The molecular weight excluding hydrogens is 502 g/mol. The zero-order valence-electron chi connectivity index (χ0n) is 19.1. The van der Waals surface area contributed by atoms with Crippen molar-refractivity contribution in [3.8, 4) is 0 Å². The van der Waals surface area contributed by atoms with E-state index < -0.39 is 35.7 Å². The number of fused-ring (bicyclic) bond motifs is 2. The molecule has 2 aromatic carbocycles. The summed E-state index contributed by atoms with van der Waals surface area (Å²) in [6.45, 7) is -0.548. The fourth-order valence-corrected chi connectivity index (χ4v) is 4.90. The van der Waals surface area contributed by atoms with Crippen LogP contribution < -0.4 is 21.7 Å². The minimum Gasteiger partial charge on any atom is -0.395 e. The maximum absolute atomic E-state index is 13.5. The van der Waals surface area contributed by atoms with E-state index in [0.717, 1.165) is 12.1 Å². The molecule has 0 fully saturated rings. The number of nitrogens with two attached hydrogens (primary N) is 1. The number of primary amides is 1. The molecule has 2 amide bonds. The number of amides is 2. The molecule has 0 saturated carbocycles. The van der Waals surface area contributed by atoms with Gasteiger partial charge in [-0.15, -0.1) is 11.3 Å². The van der Waals surface area contributed by atoms with E-state index in [1.165, 1.54) is 11.3 Å². The Balaban J connectivity index is 1.48.